The van der Waals surface area contributed by atoms with Crippen LogP contribution in [0.4, 0.5) is 14.5 Å². The first kappa shape index (κ1) is 18.2. The van der Waals surface area contributed by atoms with Crippen LogP contribution < -0.4 is 9.46 Å². The van der Waals surface area contributed by atoms with Gasteiger partial charge in [0, 0.05) is 16.0 Å². The van der Waals surface area contributed by atoms with Gasteiger partial charge in [0.15, 0.2) is 0 Å². The summed E-state index contributed by atoms with van der Waals surface area (Å²) in [5.74, 6) is -2.91. The molecule has 1 aliphatic carbocycles. The molecular formula is C17H12BrF2NO5S. The van der Waals surface area contributed by atoms with Gasteiger partial charge in [0.2, 0.25) is 0 Å². The number of fused-ring (bicyclic) bond motifs is 3. The molecule has 2 N–H and O–H groups in total. The van der Waals surface area contributed by atoms with Crippen molar-refractivity contribution in [3.05, 3.63) is 51.5 Å². The van der Waals surface area contributed by atoms with Crippen LogP contribution >= 0.6 is 15.9 Å². The van der Waals surface area contributed by atoms with Crippen molar-refractivity contribution >= 4 is 37.6 Å². The molecule has 0 saturated heterocycles. The Morgan fingerprint density at radius 3 is 2.70 bits per heavy atom. The Kier molecular flexibility index (Phi) is 4.15. The van der Waals surface area contributed by atoms with Crippen LogP contribution in [0.3, 0.4) is 0 Å². The van der Waals surface area contributed by atoms with Gasteiger partial charge in [-0.1, -0.05) is 0 Å². The van der Waals surface area contributed by atoms with Crippen LogP contribution in [0.1, 0.15) is 28.3 Å². The van der Waals surface area contributed by atoms with E-state index in [4.69, 9.17) is 4.74 Å². The zero-order valence-corrected chi connectivity index (χ0v) is 15.9. The van der Waals surface area contributed by atoms with Crippen LogP contribution in [0.15, 0.2) is 33.6 Å². The standard InChI is InChI=1S/C17H12BrF2NO5S/c18-10-4-8(19)1-2-13(10)27(24,25)21-12-5-11(20)14-9-3-7(9)6-26-16(14)15(12)17(22)23/h1-2,4-5,7,9,21H,3,6H2,(H,22,23). The van der Waals surface area contributed by atoms with E-state index in [0.29, 0.717) is 6.42 Å². The van der Waals surface area contributed by atoms with Gasteiger partial charge in [0.1, 0.15) is 27.8 Å². The first-order chi connectivity index (χ1) is 12.7. The van der Waals surface area contributed by atoms with Crippen molar-refractivity contribution < 1.29 is 31.8 Å². The van der Waals surface area contributed by atoms with Gasteiger partial charge in [-0.2, -0.15) is 0 Å². The maximum absolute atomic E-state index is 14.6. The van der Waals surface area contributed by atoms with E-state index in [1.54, 1.807) is 0 Å². The molecular weight excluding hydrogens is 448 g/mol. The highest BCUT2D eigenvalue weighted by atomic mass is 79.9. The van der Waals surface area contributed by atoms with Crippen LogP contribution in [-0.4, -0.2) is 26.1 Å². The third-order valence-electron chi connectivity index (χ3n) is 4.65. The number of nitrogens with one attached hydrogen (secondary N) is 1. The zero-order chi connectivity index (χ0) is 19.5. The molecule has 27 heavy (non-hydrogen) atoms. The van der Waals surface area contributed by atoms with Crippen LogP contribution in [0, 0.1) is 17.6 Å². The number of benzene rings is 2. The highest BCUT2D eigenvalue weighted by molar-refractivity contribution is 9.10. The van der Waals surface area contributed by atoms with Gasteiger partial charge in [0.05, 0.1) is 12.3 Å². The van der Waals surface area contributed by atoms with Crippen molar-refractivity contribution in [2.45, 2.75) is 17.2 Å². The number of carboxylic acids is 1. The number of anilines is 1. The number of carbonyl (C=O) groups is 1. The largest absolute Gasteiger partial charge is 0.492 e. The monoisotopic (exact) mass is 459 g/mol. The molecule has 0 aromatic heterocycles. The predicted octanol–water partition coefficient (Wildman–Crippen LogP) is 3.72. The molecule has 2 atom stereocenters. The topological polar surface area (TPSA) is 92.7 Å². The predicted molar refractivity (Wildman–Crippen MR) is 94.6 cm³/mol. The summed E-state index contributed by atoms with van der Waals surface area (Å²) in [6, 6.07) is 3.77. The van der Waals surface area contributed by atoms with Crippen LogP contribution in [-0.2, 0) is 10.0 Å². The van der Waals surface area contributed by atoms with Crippen molar-refractivity contribution in [2.75, 3.05) is 11.3 Å². The summed E-state index contributed by atoms with van der Waals surface area (Å²) in [6.45, 7) is 0.261. The number of sulfonamides is 1. The molecule has 142 valence electrons. The molecule has 10 heteroatoms. The van der Waals surface area contributed by atoms with Gasteiger partial charge in [-0.05, 0) is 52.5 Å². The number of carboxylic acid groups (broad SMARTS) is 1. The molecule has 1 aliphatic heterocycles. The lowest BCUT2D eigenvalue weighted by molar-refractivity contribution is 0.0692. The van der Waals surface area contributed by atoms with Gasteiger partial charge >= 0.3 is 5.97 Å². The SMILES string of the molecule is O=C(O)c1c(NS(=O)(=O)c2ccc(F)cc2Br)cc(F)c2c1OCC1CC21. The number of halogens is 3. The Bertz CT molecular complexity index is 1090. The number of hydrogen-bond acceptors (Lipinski definition) is 4. The molecule has 0 amide bonds. The molecule has 1 saturated carbocycles. The first-order valence-corrected chi connectivity index (χ1v) is 10.2. The molecule has 2 aliphatic rings. The van der Waals surface area contributed by atoms with E-state index >= 15 is 0 Å². The van der Waals surface area contributed by atoms with E-state index in [-0.39, 0.29) is 39.1 Å². The summed E-state index contributed by atoms with van der Waals surface area (Å²) in [6.07, 6.45) is 0.705. The van der Waals surface area contributed by atoms with E-state index in [1.807, 2.05) is 0 Å². The highest BCUT2D eigenvalue weighted by Crippen LogP contribution is 2.56. The third kappa shape index (κ3) is 3.06. The molecule has 1 fully saturated rings. The summed E-state index contributed by atoms with van der Waals surface area (Å²) in [7, 11) is -4.31. The van der Waals surface area contributed by atoms with Gasteiger partial charge in [-0.3, -0.25) is 4.72 Å². The minimum Gasteiger partial charge on any atom is -0.492 e. The maximum atomic E-state index is 14.6. The zero-order valence-electron chi connectivity index (χ0n) is 13.5. The van der Waals surface area contributed by atoms with Crippen molar-refractivity contribution in [1.29, 1.82) is 0 Å². The van der Waals surface area contributed by atoms with Crippen molar-refractivity contribution in [3.8, 4) is 5.75 Å². The average molecular weight is 460 g/mol. The number of hydrogen-bond donors (Lipinski definition) is 2. The lowest BCUT2D eigenvalue weighted by Crippen LogP contribution is -2.20. The maximum Gasteiger partial charge on any atom is 0.341 e. The smallest absolute Gasteiger partial charge is 0.341 e. The second kappa shape index (κ2) is 6.16. The Morgan fingerprint density at radius 2 is 2.04 bits per heavy atom. The third-order valence-corrected chi connectivity index (χ3v) is 6.99. The Morgan fingerprint density at radius 1 is 1.30 bits per heavy atom. The van der Waals surface area contributed by atoms with E-state index in [0.717, 1.165) is 24.3 Å². The minimum atomic E-state index is -4.31. The van der Waals surface area contributed by atoms with Gasteiger partial charge < -0.3 is 9.84 Å². The van der Waals surface area contributed by atoms with E-state index < -0.39 is 38.9 Å². The summed E-state index contributed by atoms with van der Waals surface area (Å²) >= 11 is 2.96. The fourth-order valence-electron chi connectivity index (χ4n) is 3.30. The normalized spacial score (nSPS) is 20.3. The molecule has 2 aromatic rings. The van der Waals surface area contributed by atoms with Gasteiger partial charge in [-0.15, -0.1) is 0 Å². The minimum absolute atomic E-state index is 0.0534. The molecule has 1 heterocycles. The Hall–Kier alpha value is -2.20. The second-order valence-electron chi connectivity index (χ2n) is 6.42. The van der Waals surface area contributed by atoms with Crippen LogP contribution in [0.5, 0.6) is 5.75 Å². The fraction of sp³-hybridized carbons (Fsp3) is 0.235. The molecule has 2 unspecified atom stereocenters. The quantitative estimate of drug-likeness (QED) is 0.726. The average Bonchev–Trinajstić information content (AvgIpc) is 3.32. The Labute approximate surface area is 161 Å². The van der Waals surface area contributed by atoms with Gasteiger partial charge in [0.25, 0.3) is 10.0 Å². The lowest BCUT2D eigenvalue weighted by Gasteiger charge is -2.22. The van der Waals surface area contributed by atoms with Crippen molar-refractivity contribution in [2.24, 2.45) is 5.92 Å². The van der Waals surface area contributed by atoms with Crippen LogP contribution in [0.25, 0.3) is 0 Å². The van der Waals surface area contributed by atoms with E-state index in [1.165, 1.54) is 0 Å². The summed E-state index contributed by atoms with van der Waals surface area (Å²) in [5, 5.41) is 9.57. The molecule has 2 aromatic carbocycles. The van der Waals surface area contributed by atoms with E-state index in [2.05, 4.69) is 20.7 Å². The highest BCUT2D eigenvalue weighted by Gasteiger charge is 2.47. The van der Waals surface area contributed by atoms with E-state index in [9.17, 15) is 27.1 Å². The molecule has 4 rings (SSSR count). The summed E-state index contributed by atoms with van der Waals surface area (Å²) in [4.78, 5) is 11.4. The second-order valence-corrected chi connectivity index (χ2v) is 8.93. The molecule has 0 bridgehead atoms. The first-order valence-electron chi connectivity index (χ1n) is 7.89. The number of ether oxygens (including phenoxy) is 1. The number of rotatable bonds is 4. The Balaban J connectivity index is 1.82. The molecule has 0 spiro atoms. The van der Waals surface area contributed by atoms with Crippen molar-refractivity contribution in [1.82, 2.24) is 0 Å². The van der Waals surface area contributed by atoms with Crippen LogP contribution in [0.2, 0.25) is 0 Å². The number of aromatic carboxylic acids is 1. The fourth-order valence-corrected chi connectivity index (χ4v) is 5.41. The molecule has 0 radical (unpaired) electrons. The summed E-state index contributed by atoms with van der Waals surface area (Å²) < 4.78 is 60.6. The lowest BCUT2D eigenvalue weighted by atomic mass is 9.99. The van der Waals surface area contributed by atoms with Crippen molar-refractivity contribution in [3.63, 3.8) is 0 Å². The molecule has 6 nitrogen and oxygen atoms in total. The van der Waals surface area contributed by atoms with Gasteiger partial charge in [-0.25, -0.2) is 22.0 Å². The summed E-state index contributed by atoms with van der Waals surface area (Å²) in [5.41, 5.74) is -0.720.